The lowest BCUT2D eigenvalue weighted by atomic mass is 10.2. The van der Waals surface area contributed by atoms with Crippen LogP contribution in [0.3, 0.4) is 0 Å². The van der Waals surface area contributed by atoms with Crippen LogP contribution in [0.5, 0.6) is 0 Å². The molecule has 3 aromatic rings. The van der Waals surface area contributed by atoms with Crippen LogP contribution in [0.1, 0.15) is 21.4 Å². The zero-order valence-electron chi connectivity index (χ0n) is 13.6. The summed E-state index contributed by atoms with van der Waals surface area (Å²) >= 11 is 3.19. The van der Waals surface area contributed by atoms with Gasteiger partial charge in [-0.2, -0.15) is 0 Å². The van der Waals surface area contributed by atoms with Crippen LogP contribution in [0.15, 0.2) is 53.2 Å². The van der Waals surface area contributed by atoms with Crippen molar-refractivity contribution in [2.45, 2.75) is 6.04 Å². The van der Waals surface area contributed by atoms with Crippen molar-refractivity contribution >= 4 is 28.6 Å². The minimum atomic E-state index is -0.128. The first-order chi connectivity index (χ1) is 11.6. The minimum Gasteiger partial charge on any atom is -0.349 e. The summed E-state index contributed by atoms with van der Waals surface area (Å²) in [6.45, 7) is 0.560. The van der Waals surface area contributed by atoms with Crippen LogP contribution < -0.4 is 5.32 Å². The molecule has 4 nitrogen and oxygen atoms in total. The Kier molecular flexibility index (Phi) is 5.40. The molecule has 6 heteroatoms. The minimum absolute atomic E-state index is 0.128. The molecule has 3 rings (SSSR count). The number of aromatic nitrogens is 1. The maximum atomic E-state index is 12.4. The number of hydrogen-bond donors (Lipinski definition) is 1. The van der Waals surface area contributed by atoms with Gasteiger partial charge in [-0.3, -0.25) is 4.79 Å². The summed E-state index contributed by atoms with van der Waals surface area (Å²) in [4.78, 5) is 20.2. The molecular formula is C18H19N3OS2. The average molecular weight is 358 g/mol. The van der Waals surface area contributed by atoms with Gasteiger partial charge in [-0.1, -0.05) is 36.4 Å². The second-order valence-corrected chi connectivity index (χ2v) is 7.45. The highest BCUT2D eigenvalue weighted by molar-refractivity contribution is 7.13. The van der Waals surface area contributed by atoms with E-state index in [0.717, 1.165) is 10.6 Å². The lowest BCUT2D eigenvalue weighted by molar-refractivity contribution is 0.0938. The van der Waals surface area contributed by atoms with Crippen molar-refractivity contribution in [1.29, 1.82) is 0 Å². The number of carbonyl (C=O) groups is 1. The van der Waals surface area contributed by atoms with Crippen molar-refractivity contribution in [1.82, 2.24) is 15.2 Å². The Hall–Kier alpha value is -2.02. The third-order valence-electron chi connectivity index (χ3n) is 3.71. The quantitative estimate of drug-likeness (QED) is 0.728. The van der Waals surface area contributed by atoms with Crippen LogP contribution in [-0.2, 0) is 0 Å². The first kappa shape index (κ1) is 16.8. The Bertz CT molecular complexity index is 782. The van der Waals surface area contributed by atoms with Crippen LogP contribution in [0.2, 0.25) is 0 Å². The molecule has 1 atom stereocenters. The smallest absolute Gasteiger partial charge is 0.270 e. The molecule has 2 aromatic heterocycles. The number of hydrogen-bond acceptors (Lipinski definition) is 5. The normalized spacial score (nSPS) is 12.3. The first-order valence-corrected chi connectivity index (χ1v) is 9.40. The van der Waals surface area contributed by atoms with E-state index in [2.05, 4.69) is 26.6 Å². The van der Waals surface area contributed by atoms with Crippen LogP contribution >= 0.6 is 22.7 Å². The summed E-state index contributed by atoms with van der Waals surface area (Å²) in [5, 5.41) is 7.74. The van der Waals surface area contributed by atoms with Crippen LogP contribution in [0.4, 0.5) is 0 Å². The highest BCUT2D eigenvalue weighted by atomic mass is 32.1. The number of nitrogens with zero attached hydrogens (tertiary/aromatic N) is 2. The molecule has 0 aliphatic rings. The number of nitrogens with one attached hydrogen (secondary N) is 1. The number of rotatable bonds is 6. The van der Waals surface area contributed by atoms with E-state index >= 15 is 0 Å². The van der Waals surface area contributed by atoms with Crippen molar-refractivity contribution < 1.29 is 4.79 Å². The van der Waals surface area contributed by atoms with E-state index < -0.39 is 0 Å². The summed E-state index contributed by atoms with van der Waals surface area (Å²) in [5.41, 5.74) is 1.51. The molecule has 24 heavy (non-hydrogen) atoms. The van der Waals surface area contributed by atoms with E-state index in [9.17, 15) is 4.79 Å². The maximum absolute atomic E-state index is 12.4. The van der Waals surface area contributed by atoms with Gasteiger partial charge in [0.25, 0.3) is 5.91 Å². The van der Waals surface area contributed by atoms with E-state index in [1.165, 1.54) is 16.2 Å². The number of carbonyl (C=O) groups excluding carboxylic acids is 1. The van der Waals surface area contributed by atoms with Gasteiger partial charge >= 0.3 is 0 Å². The third kappa shape index (κ3) is 3.90. The Labute approximate surface area is 149 Å². The Balaban J connectivity index is 1.66. The fourth-order valence-corrected chi connectivity index (χ4v) is 4.12. The predicted octanol–water partition coefficient (Wildman–Crippen LogP) is 3.90. The van der Waals surface area contributed by atoms with Crippen molar-refractivity contribution in [2.24, 2.45) is 0 Å². The zero-order valence-corrected chi connectivity index (χ0v) is 15.2. The fraction of sp³-hybridized carbons (Fsp3) is 0.222. The van der Waals surface area contributed by atoms with Crippen LogP contribution in [-0.4, -0.2) is 36.4 Å². The number of amides is 1. The van der Waals surface area contributed by atoms with Gasteiger partial charge in [-0.25, -0.2) is 4.98 Å². The van der Waals surface area contributed by atoms with E-state index in [4.69, 9.17) is 0 Å². The molecule has 0 bridgehead atoms. The van der Waals surface area contributed by atoms with Gasteiger partial charge in [0, 0.05) is 22.4 Å². The summed E-state index contributed by atoms with van der Waals surface area (Å²) in [6, 6.07) is 14.2. The highest BCUT2D eigenvalue weighted by Crippen LogP contribution is 2.24. The lowest BCUT2D eigenvalue weighted by Crippen LogP contribution is -2.34. The van der Waals surface area contributed by atoms with Gasteiger partial charge in [0.15, 0.2) is 0 Å². The van der Waals surface area contributed by atoms with Gasteiger partial charge in [0.05, 0.1) is 6.04 Å². The summed E-state index contributed by atoms with van der Waals surface area (Å²) in [6.07, 6.45) is 0. The molecule has 0 saturated heterocycles. The SMILES string of the molecule is CN(C)C(CNC(=O)c1csc(-c2ccccc2)n1)c1cccs1. The third-order valence-corrected chi connectivity index (χ3v) is 5.57. The van der Waals surface area contributed by atoms with Crippen molar-refractivity contribution in [2.75, 3.05) is 20.6 Å². The standard InChI is InChI=1S/C18H19N3OS2/c1-21(2)15(16-9-6-10-23-16)11-19-17(22)14-12-24-18(20-14)13-7-4-3-5-8-13/h3-10,12,15H,11H2,1-2H3,(H,19,22). The van der Waals surface area contributed by atoms with E-state index in [-0.39, 0.29) is 11.9 Å². The number of thiazole rings is 1. The number of likely N-dealkylation sites (N-methyl/N-ethyl adjacent to an activating group) is 1. The van der Waals surface area contributed by atoms with E-state index in [1.807, 2.05) is 55.9 Å². The Morgan fingerprint density at radius 2 is 1.96 bits per heavy atom. The highest BCUT2D eigenvalue weighted by Gasteiger charge is 2.18. The van der Waals surface area contributed by atoms with Gasteiger partial charge in [0.1, 0.15) is 10.7 Å². The molecule has 2 heterocycles. The monoisotopic (exact) mass is 357 g/mol. The molecule has 0 aliphatic carbocycles. The molecule has 0 aliphatic heterocycles. The molecule has 1 amide bonds. The molecule has 1 N–H and O–H groups in total. The molecule has 1 aromatic carbocycles. The number of thiophene rings is 1. The van der Waals surface area contributed by atoms with Gasteiger partial charge in [-0.05, 0) is 25.5 Å². The van der Waals surface area contributed by atoms with Gasteiger partial charge in [0.2, 0.25) is 0 Å². The lowest BCUT2D eigenvalue weighted by Gasteiger charge is -2.23. The average Bonchev–Trinajstić information content (AvgIpc) is 3.27. The topological polar surface area (TPSA) is 45.2 Å². The molecule has 0 fully saturated rings. The maximum Gasteiger partial charge on any atom is 0.270 e. The summed E-state index contributed by atoms with van der Waals surface area (Å²) in [7, 11) is 4.04. The largest absolute Gasteiger partial charge is 0.349 e. The summed E-state index contributed by atoms with van der Waals surface area (Å²) in [5.74, 6) is -0.128. The molecule has 0 radical (unpaired) electrons. The number of benzene rings is 1. The van der Waals surface area contributed by atoms with Gasteiger partial charge in [-0.15, -0.1) is 22.7 Å². The first-order valence-electron chi connectivity index (χ1n) is 7.64. The molecule has 124 valence electrons. The molecule has 0 saturated carbocycles. The molecule has 1 unspecified atom stereocenters. The predicted molar refractivity (Wildman–Crippen MR) is 101 cm³/mol. The Morgan fingerprint density at radius 1 is 1.17 bits per heavy atom. The zero-order chi connectivity index (χ0) is 16.9. The van der Waals surface area contributed by atoms with E-state index in [0.29, 0.717) is 12.2 Å². The van der Waals surface area contributed by atoms with Crippen LogP contribution in [0.25, 0.3) is 10.6 Å². The molecule has 0 spiro atoms. The van der Waals surface area contributed by atoms with E-state index in [1.54, 1.807) is 11.3 Å². The van der Waals surface area contributed by atoms with Crippen molar-refractivity contribution in [3.8, 4) is 10.6 Å². The van der Waals surface area contributed by atoms with Gasteiger partial charge < -0.3 is 10.2 Å². The molecular weight excluding hydrogens is 338 g/mol. The summed E-state index contributed by atoms with van der Waals surface area (Å²) < 4.78 is 0. The van der Waals surface area contributed by atoms with Crippen molar-refractivity contribution in [3.05, 3.63) is 63.8 Å². The Morgan fingerprint density at radius 3 is 2.62 bits per heavy atom. The second-order valence-electron chi connectivity index (χ2n) is 5.61. The van der Waals surface area contributed by atoms with Crippen molar-refractivity contribution in [3.63, 3.8) is 0 Å². The van der Waals surface area contributed by atoms with Crippen LogP contribution in [0, 0.1) is 0 Å². The second kappa shape index (κ2) is 7.70. The fourth-order valence-electron chi connectivity index (χ4n) is 2.39.